The third-order valence-electron chi connectivity index (χ3n) is 3.85. The number of ether oxygens (including phenoxy) is 2. The van der Waals surface area contributed by atoms with Crippen molar-refractivity contribution in [3.05, 3.63) is 59.2 Å². The minimum Gasteiger partial charge on any atom is -0.465 e. The van der Waals surface area contributed by atoms with Crippen LogP contribution in [-0.4, -0.2) is 39.2 Å². The van der Waals surface area contributed by atoms with Crippen LogP contribution < -0.4 is 10.2 Å². The average Bonchev–Trinajstić information content (AvgIpc) is 2.66. The summed E-state index contributed by atoms with van der Waals surface area (Å²) in [7, 11) is 4.20. The molecule has 7 nitrogen and oxygen atoms in total. The van der Waals surface area contributed by atoms with E-state index >= 15 is 0 Å². The summed E-state index contributed by atoms with van der Waals surface area (Å²) in [6.45, 7) is 1.75. The number of anilines is 2. The number of hydrogen-bond donors (Lipinski definition) is 1. The number of nitrogens with zero attached hydrogens (tertiary/aromatic N) is 1. The summed E-state index contributed by atoms with van der Waals surface area (Å²) in [6.07, 6.45) is -0.483. The third kappa shape index (κ3) is 4.18. The summed E-state index contributed by atoms with van der Waals surface area (Å²) in [5, 5.41) is 2.78. The van der Waals surface area contributed by atoms with Gasteiger partial charge in [-0.2, -0.15) is 0 Å². The zero-order valence-electron chi connectivity index (χ0n) is 15.0. The second-order valence-electron chi connectivity index (χ2n) is 5.55. The van der Waals surface area contributed by atoms with Gasteiger partial charge in [0.05, 0.1) is 19.8 Å². The van der Waals surface area contributed by atoms with E-state index in [-0.39, 0.29) is 5.91 Å². The molecule has 2 rings (SSSR count). The van der Waals surface area contributed by atoms with Gasteiger partial charge in [0.15, 0.2) is 0 Å². The van der Waals surface area contributed by atoms with E-state index in [0.29, 0.717) is 28.1 Å². The molecule has 136 valence electrons. The fraction of sp³-hybridized carbons (Fsp3) is 0.211. The Kier molecular flexibility index (Phi) is 5.95. The molecule has 0 spiro atoms. The summed E-state index contributed by atoms with van der Waals surface area (Å²) < 4.78 is 9.32. The van der Waals surface area contributed by atoms with Crippen molar-refractivity contribution in [2.75, 3.05) is 31.5 Å². The topological polar surface area (TPSA) is 84.9 Å². The molecule has 1 N–H and O–H groups in total. The highest BCUT2D eigenvalue weighted by Crippen LogP contribution is 2.19. The fourth-order valence-corrected chi connectivity index (χ4v) is 2.37. The number of esters is 1. The number of aryl methyl sites for hydroxylation is 1. The van der Waals surface area contributed by atoms with E-state index in [0.717, 1.165) is 0 Å². The maximum absolute atomic E-state index is 12.4. The molecule has 2 aromatic carbocycles. The van der Waals surface area contributed by atoms with Gasteiger partial charge >= 0.3 is 12.1 Å². The van der Waals surface area contributed by atoms with Crippen LogP contribution in [0.25, 0.3) is 0 Å². The maximum atomic E-state index is 12.4. The normalized spacial score (nSPS) is 10.0. The van der Waals surface area contributed by atoms with Gasteiger partial charge in [0, 0.05) is 24.0 Å². The highest BCUT2D eigenvalue weighted by Gasteiger charge is 2.14. The fourth-order valence-electron chi connectivity index (χ4n) is 2.37. The molecule has 26 heavy (non-hydrogen) atoms. The molecule has 7 heteroatoms. The van der Waals surface area contributed by atoms with Gasteiger partial charge in [-0.15, -0.1) is 0 Å². The van der Waals surface area contributed by atoms with E-state index in [2.05, 4.69) is 14.8 Å². The van der Waals surface area contributed by atoms with Crippen LogP contribution in [0, 0.1) is 6.92 Å². The monoisotopic (exact) mass is 356 g/mol. The SMILES string of the molecule is COC(=O)c1ccc(C(=O)Nc2ccc(N(C)C(=O)OC)cc2)c(C)c1. The first-order chi connectivity index (χ1) is 12.4. The van der Waals surface area contributed by atoms with Crippen molar-refractivity contribution in [2.24, 2.45) is 0 Å². The van der Waals surface area contributed by atoms with E-state index in [1.54, 1.807) is 56.4 Å². The molecular weight excluding hydrogens is 336 g/mol. The lowest BCUT2D eigenvalue weighted by Gasteiger charge is -2.16. The lowest BCUT2D eigenvalue weighted by Crippen LogP contribution is -2.25. The molecule has 0 heterocycles. The first kappa shape index (κ1) is 19.0. The number of hydrogen-bond acceptors (Lipinski definition) is 5. The number of rotatable bonds is 4. The van der Waals surface area contributed by atoms with Crippen LogP contribution >= 0.6 is 0 Å². The second-order valence-corrected chi connectivity index (χ2v) is 5.55. The Morgan fingerprint density at radius 2 is 1.62 bits per heavy atom. The van der Waals surface area contributed by atoms with E-state index < -0.39 is 12.1 Å². The lowest BCUT2D eigenvalue weighted by molar-refractivity contribution is 0.0600. The molecule has 0 saturated carbocycles. The smallest absolute Gasteiger partial charge is 0.413 e. The average molecular weight is 356 g/mol. The summed E-state index contributed by atoms with van der Waals surface area (Å²) in [5.41, 5.74) is 2.71. The van der Waals surface area contributed by atoms with Gasteiger partial charge in [-0.25, -0.2) is 9.59 Å². The van der Waals surface area contributed by atoms with E-state index in [4.69, 9.17) is 0 Å². The highest BCUT2D eigenvalue weighted by atomic mass is 16.5. The van der Waals surface area contributed by atoms with Crippen LogP contribution in [0.2, 0.25) is 0 Å². The van der Waals surface area contributed by atoms with E-state index in [1.165, 1.54) is 19.1 Å². The first-order valence-electron chi connectivity index (χ1n) is 7.79. The van der Waals surface area contributed by atoms with Crippen molar-refractivity contribution >= 4 is 29.3 Å². The van der Waals surface area contributed by atoms with Gasteiger partial charge in [0.25, 0.3) is 5.91 Å². The Hall–Kier alpha value is -3.35. The zero-order valence-corrected chi connectivity index (χ0v) is 15.0. The van der Waals surface area contributed by atoms with Crippen molar-refractivity contribution in [1.82, 2.24) is 0 Å². The molecule has 0 fully saturated rings. The van der Waals surface area contributed by atoms with Gasteiger partial charge < -0.3 is 14.8 Å². The lowest BCUT2D eigenvalue weighted by atomic mass is 10.0. The second kappa shape index (κ2) is 8.15. The molecule has 0 aromatic heterocycles. The van der Waals surface area contributed by atoms with Crippen molar-refractivity contribution in [3.8, 4) is 0 Å². The van der Waals surface area contributed by atoms with Crippen LogP contribution in [0.3, 0.4) is 0 Å². The summed E-state index contributed by atoms with van der Waals surface area (Å²) in [6, 6.07) is 11.5. The Labute approximate surface area is 151 Å². The minimum absolute atomic E-state index is 0.298. The number of methoxy groups -OCH3 is 2. The molecule has 0 aliphatic rings. The number of benzene rings is 2. The van der Waals surface area contributed by atoms with Gasteiger partial charge in [-0.1, -0.05) is 0 Å². The van der Waals surface area contributed by atoms with Gasteiger partial charge in [-0.3, -0.25) is 9.69 Å². The Morgan fingerprint density at radius 3 is 2.15 bits per heavy atom. The Morgan fingerprint density at radius 1 is 0.962 bits per heavy atom. The molecular formula is C19H20N2O5. The van der Waals surface area contributed by atoms with Crippen LogP contribution in [0.1, 0.15) is 26.3 Å². The van der Waals surface area contributed by atoms with Crippen molar-refractivity contribution in [1.29, 1.82) is 0 Å². The maximum Gasteiger partial charge on any atom is 0.413 e. The predicted octanol–water partition coefficient (Wildman–Crippen LogP) is 3.24. The molecule has 0 unspecified atom stereocenters. The summed E-state index contributed by atoms with van der Waals surface area (Å²) in [5.74, 6) is -0.752. The number of carbonyl (C=O) groups excluding carboxylic acids is 3. The third-order valence-corrected chi connectivity index (χ3v) is 3.85. The molecule has 0 atom stereocenters. The van der Waals surface area contributed by atoms with Gasteiger partial charge in [-0.05, 0) is 55.0 Å². The molecule has 0 saturated heterocycles. The quantitative estimate of drug-likeness (QED) is 0.850. The standard InChI is InChI=1S/C19H20N2O5/c1-12-11-13(18(23)25-3)5-10-16(12)17(22)20-14-6-8-15(9-7-14)21(2)19(24)26-4/h5-11H,1-4H3,(H,20,22). The number of carbonyl (C=O) groups is 3. The Bertz CT molecular complexity index is 830. The van der Waals surface area contributed by atoms with E-state index in [1.807, 2.05) is 0 Å². The Balaban J connectivity index is 2.12. The summed E-state index contributed by atoms with van der Waals surface area (Å²) >= 11 is 0. The van der Waals surface area contributed by atoms with Crippen LogP contribution in [-0.2, 0) is 9.47 Å². The summed E-state index contributed by atoms with van der Waals surface area (Å²) in [4.78, 5) is 36.8. The van der Waals surface area contributed by atoms with Crippen LogP contribution in [0.15, 0.2) is 42.5 Å². The minimum atomic E-state index is -0.483. The highest BCUT2D eigenvalue weighted by molar-refractivity contribution is 6.06. The van der Waals surface area contributed by atoms with E-state index in [9.17, 15) is 14.4 Å². The molecule has 0 aliphatic carbocycles. The number of amides is 2. The number of nitrogens with one attached hydrogen (secondary N) is 1. The zero-order chi connectivity index (χ0) is 19.3. The van der Waals surface area contributed by atoms with Crippen molar-refractivity contribution < 1.29 is 23.9 Å². The van der Waals surface area contributed by atoms with Gasteiger partial charge in [0.2, 0.25) is 0 Å². The molecule has 0 radical (unpaired) electrons. The molecule has 0 aliphatic heterocycles. The van der Waals surface area contributed by atoms with Crippen molar-refractivity contribution in [2.45, 2.75) is 6.92 Å². The molecule has 0 bridgehead atoms. The van der Waals surface area contributed by atoms with Crippen LogP contribution in [0.5, 0.6) is 0 Å². The van der Waals surface area contributed by atoms with Crippen molar-refractivity contribution in [3.63, 3.8) is 0 Å². The molecule has 2 aromatic rings. The van der Waals surface area contributed by atoms with Gasteiger partial charge in [0.1, 0.15) is 0 Å². The largest absolute Gasteiger partial charge is 0.465 e. The predicted molar refractivity (Wildman–Crippen MR) is 97.7 cm³/mol. The first-order valence-corrected chi connectivity index (χ1v) is 7.79. The van der Waals surface area contributed by atoms with Crippen LogP contribution in [0.4, 0.5) is 16.2 Å². The molecule has 2 amide bonds.